The fourth-order valence-corrected chi connectivity index (χ4v) is 5.20. The summed E-state index contributed by atoms with van der Waals surface area (Å²) in [6, 6.07) is 6.96. The lowest BCUT2D eigenvalue weighted by Gasteiger charge is -2.23. The molecule has 0 saturated heterocycles. The summed E-state index contributed by atoms with van der Waals surface area (Å²) < 4.78 is 74.8. The number of amides is 1. The number of fused-ring (bicyclic) bond motifs is 1. The van der Waals surface area contributed by atoms with Crippen molar-refractivity contribution in [2.45, 2.75) is 50.7 Å². The number of carbonyl (C=O) groups is 2. The summed E-state index contributed by atoms with van der Waals surface area (Å²) in [5, 5.41) is 11.2. The average molecular weight is 630 g/mol. The molecule has 2 heterocycles. The largest absolute Gasteiger partial charge is 0.496 e. The van der Waals surface area contributed by atoms with Crippen LogP contribution in [0.25, 0.3) is 0 Å². The van der Waals surface area contributed by atoms with Crippen LogP contribution in [0.1, 0.15) is 22.5 Å². The summed E-state index contributed by atoms with van der Waals surface area (Å²) in [5.41, 5.74) is -5.24. The first kappa shape index (κ1) is 31.4. The van der Waals surface area contributed by atoms with Crippen molar-refractivity contribution in [3.8, 4) is 5.75 Å². The average Bonchev–Trinajstić information content (AvgIpc) is 3.44. The number of aromatic nitrogens is 4. The van der Waals surface area contributed by atoms with Crippen molar-refractivity contribution < 1.29 is 41.4 Å². The topological polar surface area (TPSA) is 109 Å². The first-order valence-electron chi connectivity index (χ1n) is 12.7. The van der Waals surface area contributed by atoms with Crippen LogP contribution in [0.2, 0.25) is 30.7 Å². The second-order valence-corrected chi connectivity index (χ2v) is 16.8. The van der Waals surface area contributed by atoms with E-state index in [0.29, 0.717) is 23.6 Å². The van der Waals surface area contributed by atoms with E-state index in [4.69, 9.17) is 25.8 Å². The molecule has 1 amide bonds. The third-order valence-electron chi connectivity index (χ3n) is 6.53. The maximum absolute atomic E-state index is 16.8. The summed E-state index contributed by atoms with van der Waals surface area (Å²) >= 11 is 6.06. The van der Waals surface area contributed by atoms with Crippen molar-refractivity contribution in [3.05, 3.63) is 63.9 Å². The van der Waals surface area contributed by atoms with Gasteiger partial charge >= 0.3 is 12.1 Å². The molecule has 0 bridgehead atoms. The van der Waals surface area contributed by atoms with Crippen LogP contribution in [0.5, 0.6) is 5.75 Å². The van der Waals surface area contributed by atoms with Gasteiger partial charge < -0.3 is 14.2 Å². The zero-order chi connectivity index (χ0) is 30.9. The van der Waals surface area contributed by atoms with Gasteiger partial charge in [-0.2, -0.15) is 13.2 Å². The molecule has 0 aliphatic carbocycles. The Morgan fingerprint density at radius 3 is 2.50 bits per heavy atom. The standard InChI is InChI=1S/C26H28ClF4N5O5Si/c1-39-21-8-6-17(27)12-19(21)25(28)18-7-5-16(26(29,30)31)11-20(18)35(24(25)38)14-41-23(37)13-22-32-33-34-36(22)15-40-9-10-42(2,3)4/h5-8,11-12H,9-10,13-15H2,1-4H3. The first-order valence-corrected chi connectivity index (χ1v) is 16.8. The summed E-state index contributed by atoms with van der Waals surface area (Å²) in [4.78, 5) is 26.9. The molecule has 0 radical (unpaired) electrons. The van der Waals surface area contributed by atoms with Crippen LogP contribution in [0.15, 0.2) is 36.4 Å². The van der Waals surface area contributed by atoms with E-state index < -0.39 is 61.8 Å². The zero-order valence-corrected chi connectivity index (χ0v) is 24.9. The van der Waals surface area contributed by atoms with Crippen molar-refractivity contribution in [1.29, 1.82) is 0 Å². The van der Waals surface area contributed by atoms with E-state index in [0.717, 1.165) is 18.2 Å². The highest BCUT2D eigenvalue weighted by Crippen LogP contribution is 2.51. The molecule has 1 aliphatic heterocycles. The highest BCUT2D eigenvalue weighted by atomic mass is 35.5. The Bertz CT molecular complexity index is 1480. The molecular weight excluding hydrogens is 602 g/mol. The molecule has 0 spiro atoms. The van der Waals surface area contributed by atoms with Crippen LogP contribution >= 0.6 is 11.6 Å². The normalized spacial score (nSPS) is 17.0. The molecule has 1 aromatic heterocycles. The number of anilines is 1. The smallest absolute Gasteiger partial charge is 0.416 e. The molecule has 2 aromatic carbocycles. The second-order valence-electron chi connectivity index (χ2n) is 10.7. The number of benzene rings is 2. The van der Waals surface area contributed by atoms with Gasteiger partial charge in [-0.15, -0.1) is 5.10 Å². The molecule has 42 heavy (non-hydrogen) atoms. The van der Waals surface area contributed by atoms with Crippen LogP contribution in [-0.4, -0.2) is 60.6 Å². The van der Waals surface area contributed by atoms with Crippen molar-refractivity contribution in [1.82, 2.24) is 20.2 Å². The molecule has 16 heteroatoms. The van der Waals surface area contributed by atoms with Crippen LogP contribution < -0.4 is 9.64 Å². The maximum Gasteiger partial charge on any atom is 0.416 e. The summed E-state index contributed by atoms with van der Waals surface area (Å²) in [5.74, 6) is -2.15. The van der Waals surface area contributed by atoms with E-state index in [2.05, 4.69) is 35.2 Å². The minimum absolute atomic E-state index is 0.00978. The minimum atomic E-state index is -4.79. The highest BCUT2D eigenvalue weighted by Gasteiger charge is 2.55. The molecule has 226 valence electrons. The Morgan fingerprint density at radius 1 is 1.10 bits per heavy atom. The van der Waals surface area contributed by atoms with Crippen LogP contribution in [0.4, 0.5) is 23.2 Å². The van der Waals surface area contributed by atoms with Gasteiger partial charge in [0, 0.05) is 30.8 Å². The Hall–Kier alpha value is -3.56. The van der Waals surface area contributed by atoms with Crippen molar-refractivity contribution in [3.63, 3.8) is 0 Å². The molecular formula is C26H28ClF4N5O5Si. The van der Waals surface area contributed by atoms with E-state index in [1.165, 1.54) is 23.9 Å². The first-order chi connectivity index (χ1) is 19.6. The summed E-state index contributed by atoms with van der Waals surface area (Å²) in [7, 11) is -0.0793. The molecule has 4 rings (SSSR count). The molecule has 1 aliphatic rings. The Balaban J connectivity index is 1.56. The number of rotatable bonds is 11. The van der Waals surface area contributed by atoms with Gasteiger partial charge in [0.05, 0.1) is 18.4 Å². The van der Waals surface area contributed by atoms with Crippen LogP contribution in [-0.2, 0) is 44.1 Å². The van der Waals surface area contributed by atoms with Gasteiger partial charge in [-0.25, -0.2) is 9.07 Å². The van der Waals surface area contributed by atoms with Gasteiger partial charge in [-0.1, -0.05) is 37.3 Å². The summed E-state index contributed by atoms with van der Waals surface area (Å²) in [6.45, 7) is 6.18. The van der Waals surface area contributed by atoms with Gasteiger partial charge in [0.15, 0.2) is 12.6 Å². The molecule has 10 nitrogen and oxygen atoms in total. The predicted molar refractivity (Wildman–Crippen MR) is 145 cm³/mol. The molecule has 3 aromatic rings. The number of methoxy groups -OCH3 is 1. The lowest BCUT2D eigenvalue weighted by molar-refractivity contribution is -0.144. The van der Waals surface area contributed by atoms with Crippen molar-refractivity contribution in [2.24, 2.45) is 0 Å². The molecule has 0 N–H and O–H groups in total. The minimum Gasteiger partial charge on any atom is -0.496 e. The van der Waals surface area contributed by atoms with Crippen LogP contribution in [0.3, 0.4) is 0 Å². The van der Waals surface area contributed by atoms with Crippen molar-refractivity contribution >= 4 is 37.2 Å². The number of halogens is 5. The van der Waals surface area contributed by atoms with Gasteiger partial charge in [-0.3, -0.25) is 14.5 Å². The summed E-state index contributed by atoms with van der Waals surface area (Å²) in [6.07, 6.45) is -5.23. The molecule has 1 unspecified atom stereocenters. The highest BCUT2D eigenvalue weighted by molar-refractivity contribution is 6.76. The van der Waals surface area contributed by atoms with Crippen LogP contribution in [0, 0.1) is 0 Å². The number of ether oxygens (including phenoxy) is 3. The number of nitrogens with zero attached hydrogens (tertiary/aromatic N) is 5. The molecule has 1 atom stereocenters. The monoisotopic (exact) mass is 629 g/mol. The number of hydrogen-bond donors (Lipinski definition) is 0. The lowest BCUT2D eigenvalue weighted by Crippen LogP contribution is -2.40. The number of tetrazole rings is 1. The van der Waals surface area contributed by atoms with Gasteiger partial charge in [0.1, 0.15) is 18.9 Å². The molecule has 0 saturated carbocycles. The van der Waals surface area contributed by atoms with Gasteiger partial charge in [0.2, 0.25) is 5.67 Å². The van der Waals surface area contributed by atoms with Gasteiger partial charge in [0.25, 0.3) is 5.91 Å². The third-order valence-corrected chi connectivity index (χ3v) is 8.47. The number of esters is 1. The van der Waals surface area contributed by atoms with Crippen molar-refractivity contribution in [2.75, 3.05) is 25.3 Å². The SMILES string of the molecule is COc1ccc(Cl)cc1C1(F)C(=O)N(COC(=O)Cc2nnnn2COCC[Si](C)(C)C)c2cc(C(F)(F)F)ccc21. The Morgan fingerprint density at radius 2 is 1.83 bits per heavy atom. The number of alkyl halides is 4. The fourth-order valence-electron chi connectivity index (χ4n) is 4.27. The number of carbonyl (C=O) groups excluding carboxylic acids is 2. The van der Waals surface area contributed by atoms with Gasteiger partial charge in [-0.05, 0) is 46.8 Å². The fraction of sp³-hybridized carbons (Fsp3) is 0.423. The lowest BCUT2D eigenvalue weighted by atomic mass is 9.88. The van der Waals surface area contributed by atoms with E-state index in [1.807, 2.05) is 0 Å². The van der Waals surface area contributed by atoms with E-state index >= 15 is 4.39 Å². The predicted octanol–water partition coefficient (Wildman–Crippen LogP) is 4.97. The second kappa shape index (κ2) is 12.0. The van der Waals surface area contributed by atoms with E-state index in [9.17, 15) is 22.8 Å². The molecule has 0 fully saturated rings. The number of hydrogen-bond acceptors (Lipinski definition) is 8. The Kier molecular flexibility index (Phi) is 8.94. The third kappa shape index (κ3) is 6.57. The van der Waals surface area contributed by atoms with E-state index in [-0.39, 0.29) is 28.9 Å². The zero-order valence-electron chi connectivity index (χ0n) is 23.2. The van der Waals surface area contributed by atoms with E-state index in [1.54, 1.807) is 0 Å². The Labute approximate surface area is 244 Å². The maximum atomic E-state index is 16.8. The quantitative estimate of drug-likeness (QED) is 0.127.